The van der Waals surface area contributed by atoms with E-state index in [9.17, 15) is 9.18 Å². The molecule has 2 aromatic rings. The van der Waals surface area contributed by atoms with Crippen molar-refractivity contribution < 1.29 is 14.3 Å². The minimum atomic E-state index is -0.858. The molecule has 0 aliphatic rings. The van der Waals surface area contributed by atoms with E-state index in [0.29, 0.717) is 29.7 Å². The Balaban J connectivity index is 2.10. The van der Waals surface area contributed by atoms with E-state index in [2.05, 4.69) is 0 Å². The van der Waals surface area contributed by atoms with Gasteiger partial charge in [-0.15, -0.1) is 0 Å². The number of rotatable bonds is 7. The number of aliphatic carboxylic acids is 1. The van der Waals surface area contributed by atoms with Crippen molar-refractivity contribution in [2.75, 3.05) is 6.54 Å². The van der Waals surface area contributed by atoms with Crippen molar-refractivity contribution >= 4 is 29.2 Å². The van der Waals surface area contributed by atoms with Gasteiger partial charge in [0.25, 0.3) is 0 Å². The second-order valence-corrected chi connectivity index (χ2v) is 6.04. The van der Waals surface area contributed by atoms with Gasteiger partial charge < -0.3 is 5.11 Å². The van der Waals surface area contributed by atoms with Crippen molar-refractivity contribution in [1.82, 2.24) is 4.90 Å². The second kappa shape index (κ2) is 8.29. The van der Waals surface area contributed by atoms with Crippen LogP contribution in [-0.4, -0.2) is 22.5 Å². The van der Waals surface area contributed by atoms with E-state index >= 15 is 0 Å². The van der Waals surface area contributed by atoms with Crippen molar-refractivity contribution in [2.45, 2.75) is 19.5 Å². The minimum Gasteiger partial charge on any atom is -0.481 e. The third-order valence-corrected chi connectivity index (χ3v) is 4.09. The number of carboxylic acid groups (broad SMARTS) is 1. The summed E-state index contributed by atoms with van der Waals surface area (Å²) >= 11 is 11.9. The Hall–Kier alpha value is -1.62. The van der Waals surface area contributed by atoms with Gasteiger partial charge in [0.1, 0.15) is 5.82 Å². The highest BCUT2D eigenvalue weighted by Gasteiger charge is 2.11. The SMILES string of the molecule is O=C(O)CCN(Cc1ccc(F)cc1)Cc1ccc(Cl)c(Cl)c1. The topological polar surface area (TPSA) is 40.5 Å². The molecule has 0 amide bonds. The molecule has 0 bridgehead atoms. The number of benzene rings is 2. The van der Waals surface area contributed by atoms with E-state index in [1.807, 2.05) is 11.0 Å². The summed E-state index contributed by atoms with van der Waals surface area (Å²) in [7, 11) is 0. The Morgan fingerprint density at radius 3 is 2.22 bits per heavy atom. The van der Waals surface area contributed by atoms with Crippen molar-refractivity contribution in [1.29, 1.82) is 0 Å². The highest BCUT2D eigenvalue weighted by Crippen LogP contribution is 2.23. The number of nitrogens with zero attached hydrogens (tertiary/aromatic N) is 1. The average molecular weight is 356 g/mol. The van der Waals surface area contributed by atoms with Gasteiger partial charge in [0.15, 0.2) is 0 Å². The van der Waals surface area contributed by atoms with Crippen LogP contribution in [0.1, 0.15) is 17.5 Å². The van der Waals surface area contributed by atoms with Crippen LogP contribution in [0.25, 0.3) is 0 Å². The first-order valence-corrected chi connectivity index (χ1v) is 7.82. The highest BCUT2D eigenvalue weighted by atomic mass is 35.5. The Morgan fingerprint density at radius 1 is 1.00 bits per heavy atom. The van der Waals surface area contributed by atoms with Gasteiger partial charge in [-0.2, -0.15) is 0 Å². The number of hydrogen-bond acceptors (Lipinski definition) is 2. The van der Waals surface area contributed by atoms with Crippen LogP contribution >= 0.6 is 23.2 Å². The zero-order valence-corrected chi connectivity index (χ0v) is 13.8. The molecule has 0 atom stereocenters. The van der Waals surface area contributed by atoms with Crippen molar-refractivity contribution in [3.05, 3.63) is 69.5 Å². The van der Waals surface area contributed by atoms with E-state index in [0.717, 1.165) is 11.1 Å². The molecule has 23 heavy (non-hydrogen) atoms. The smallest absolute Gasteiger partial charge is 0.304 e. The fourth-order valence-corrected chi connectivity index (χ4v) is 2.53. The lowest BCUT2D eigenvalue weighted by Crippen LogP contribution is -2.25. The molecule has 2 aromatic carbocycles. The number of hydrogen-bond donors (Lipinski definition) is 1. The van der Waals surface area contributed by atoms with E-state index < -0.39 is 5.97 Å². The van der Waals surface area contributed by atoms with Gasteiger partial charge in [-0.3, -0.25) is 9.69 Å². The highest BCUT2D eigenvalue weighted by molar-refractivity contribution is 6.42. The molecule has 0 fully saturated rings. The molecule has 122 valence electrons. The van der Waals surface area contributed by atoms with Crippen LogP contribution in [0.5, 0.6) is 0 Å². The molecule has 0 radical (unpaired) electrons. The fourth-order valence-electron chi connectivity index (χ4n) is 2.21. The minimum absolute atomic E-state index is 0.0303. The van der Waals surface area contributed by atoms with Crippen LogP contribution in [0.15, 0.2) is 42.5 Å². The summed E-state index contributed by atoms with van der Waals surface area (Å²) in [5, 5.41) is 9.84. The van der Waals surface area contributed by atoms with E-state index in [-0.39, 0.29) is 12.2 Å². The number of halogens is 3. The largest absolute Gasteiger partial charge is 0.481 e. The fraction of sp³-hybridized carbons (Fsp3) is 0.235. The average Bonchev–Trinajstić information content (AvgIpc) is 2.51. The summed E-state index contributed by atoms with van der Waals surface area (Å²) < 4.78 is 13.0. The lowest BCUT2D eigenvalue weighted by atomic mass is 10.1. The molecule has 6 heteroatoms. The van der Waals surface area contributed by atoms with Gasteiger partial charge in [0.2, 0.25) is 0 Å². The molecule has 0 saturated carbocycles. The summed E-state index contributed by atoms with van der Waals surface area (Å²) in [6, 6.07) is 11.5. The number of carbonyl (C=O) groups is 1. The zero-order chi connectivity index (χ0) is 16.8. The van der Waals surface area contributed by atoms with Crippen LogP contribution in [0.2, 0.25) is 10.0 Å². The van der Waals surface area contributed by atoms with Gasteiger partial charge >= 0.3 is 5.97 Å². The standard InChI is InChI=1S/C17H16Cl2FNO2/c18-15-6-3-13(9-16(15)19)11-21(8-7-17(22)23)10-12-1-4-14(20)5-2-12/h1-6,9H,7-8,10-11H2,(H,22,23). The van der Waals surface area contributed by atoms with Crippen molar-refractivity contribution in [3.63, 3.8) is 0 Å². The lowest BCUT2D eigenvalue weighted by Gasteiger charge is -2.22. The maximum atomic E-state index is 13.0. The molecule has 0 aliphatic carbocycles. The summed E-state index contributed by atoms with van der Waals surface area (Å²) in [5.41, 5.74) is 1.85. The monoisotopic (exact) mass is 355 g/mol. The zero-order valence-electron chi connectivity index (χ0n) is 12.3. The quantitative estimate of drug-likeness (QED) is 0.788. The molecule has 0 saturated heterocycles. The Morgan fingerprint density at radius 2 is 1.61 bits per heavy atom. The first-order valence-electron chi connectivity index (χ1n) is 7.06. The summed E-state index contributed by atoms with van der Waals surface area (Å²) in [6.07, 6.45) is 0.0303. The molecule has 1 N–H and O–H groups in total. The third kappa shape index (κ3) is 5.82. The first-order chi connectivity index (χ1) is 10.9. The molecule has 0 heterocycles. The maximum Gasteiger partial charge on any atom is 0.304 e. The molecule has 0 unspecified atom stereocenters. The van der Waals surface area contributed by atoms with Crippen LogP contribution in [0.3, 0.4) is 0 Å². The predicted molar refractivity (Wildman–Crippen MR) is 89.2 cm³/mol. The first kappa shape index (κ1) is 17.7. The third-order valence-electron chi connectivity index (χ3n) is 3.35. The van der Waals surface area contributed by atoms with Gasteiger partial charge in [-0.05, 0) is 35.4 Å². The predicted octanol–water partition coefficient (Wildman–Crippen LogP) is 4.61. The van der Waals surface area contributed by atoms with E-state index in [1.165, 1.54) is 12.1 Å². The lowest BCUT2D eigenvalue weighted by molar-refractivity contribution is -0.137. The van der Waals surface area contributed by atoms with Crippen LogP contribution in [0, 0.1) is 5.82 Å². The van der Waals surface area contributed by atoms with Gasteiger partial charge in [0.05, 0.1) is 16.5 Å². The van der Waals surface area contributed by atoms with E-state index in [1.54, 1.807) is 24.3 Å². The molecule has 2 rings (SSSR count). The van der Waals surface area contributed by atoms with Crippen LogP contribution < -0.4 is 0 Å². The molecule has 0 aliphatic heterocycles. The van der Waals surface area contributed by atoms with Gasteiger partial charge in [-0.1, -0.05) is 41.4 Å². The van der Waals surface area contributed by atoms with Gasteiger partial charge in [0, 0.05) is 19.6 Å². The van der Waals surface area contributed by atoms with E-state index in [4.69, 9.17) is 28.3 Å². The van der Waals surface area contributed by atoms with Gasteiger partial charge in [-0.25, -0.2) is 4.39 Å². The summed E-state index contributed by atoms with van der Waals surface area (Å²) in [5.74, 6) is -1.15. The second-order valence-electron chi connectivity index (χ2n) is 5.23. The molecule has 0 spiro atoms. The maximum absolute atomic E-state index is 13.0. The normalized spacial score (nSPS) is 11.0. The summed E-state index contributed by atoms with van der Waals surface area (Å²) in [4.78, 5) is 12.8. The van der Waals surface area contributed by atoms with Crippen molar-refractivity contribution in [3.8, 4) is 0 Å². The molecular weight excluding hydrogens is 340 g/mol. The van der Waals surface area contributed by atoms with Crippen LogP contribution in [-0.2, 0) is 17.9 Å². The molecular formula is C17H16Cl2FNO2. The Kier molecular flexibility index (Phi) is 6.39. The Labute approximate surface area is 144 Å². The Bertz CT molecular complexity index is 677. The summed E-state index contributed by atoms with van der Waals surface area (Å²) in [6.45, 7) is 1.43. The molecule has 0 aromatic heterocycles. The van der Waals surface area contributed by atoms with Crippen molar-refractivity contribution in [2.24, 2.45) is 0 Å². The number of carboxylic acids is 1. The van der Waals surface area contributed by atoms with Crippen LogP contribution in [0.4, 0.5) is 4.39 Å². The molecule has 3 nitrogen and oxygen atoms in total.